The molecular weight excluding hydrogens is 180 g/mol. The maximum atomic E-state index is 5.71. The van der Waals surface area contributed by atoms with Crippen molar-refractivity contribution in [1.82, 2.24) is 15.3 Å². The molecule has 0 spiro atoms. The predicted molar refractivity (Wildman–Crippen MR) is 55.0 cm³/mol. The molecule has 0 amide bonds. The molecule has 0 fully saturated rings. The van der Waals surface area contributed by atoms with Crippen LogP contribution >= 0.6 is 0 Å². The Labute approximate surface area is 83.7 Å². The molecule has 5 heteroatoms. The minimum Gasteiger partial charge on any atom is -0.481 e. The van der Waals surface area contributed by atoms with Crippen LogP contribution in [-0.2, 0) is 6.54 Å². The number of aromatic nitrogens is 2. The lowest BCUT2D eigenvalue weighted by atomic mass is 10.2. The molecule has 0 saturated heterocycles. The molecule has 5 nitrogen and oxygen atoms in total. The zero-order valence-electron chi connectivity index (χ0n) is 8.74. The van der Waals surface area contributed by atoms with Crippen molar-refractivity contribution in [3.8, 4) is 5.88 Å². The fourth-order valence-corrected chi connectivity index (χ4v) is 1.06. The molecule has 0 unspecified atom stereocenters. The highest BCUT2D eigenvalue weighted by molar-refractivity contribution is 5.44. The topological polar surface area (TPSA) is 73.1 Å². The molecule has 0 aliphatic heterocycles. The van der Waals surface area contributed by atoms with Crippen molar-refractivity contribution in [1.29, 1.82) is 0 Å². The van der Waals surface area contributed by atoms with E-state index in [0.717, 1.165) is 5.56 Å². The summed E-state index contributed by atoms with van der Waals surface area (Å²) in [4.78, 5) is 7.89. The smallest absolute Gasteiger partial charge is 0.222 e. The Balaban J connectivity index is 2.82. The van der Waals surface area contributed by atoms with Crippen LogP contribution in [0.1, 0.15) is 19.4 Å². The molecule has 1 heterocycles. The SMILES string of the molecule is COc1ncnc(N)c1CNC(C)C. The van der Waals surface area contributed by atoms with E-state index in [1.54, 1.807) is 7.11 Å². The van der Waals surface area contributed by atoms with Crippen molar-refractivity contribution in [3.63, 3.8) is 0 Å². The quantitative estimate of drug-likeness (QED) is 0.736. The summed E-state index contributed by atoms with van der Waals surface area (Å²) in [5.41, 5.74) is 6.52. The zero-order valence-corrected chi connectivity index (χ0v) is 8.74. The molecule has 0 atom stereocenters. The predicted octanol–water partition coefficient (Wildman–Crippen LogP) is 0.565. The first-order valence-electron chi connectivity index (χ1n) is 4.52. The van der Waals surface area contributed by atoms with E-state index in [2.05, 4.69) is 29.1 Å². The molecule has 0 aliphatic rings. The number of ether oxygens (including phenoxy) is 1. The lowest BCUT2D eigenvalue weighted by Crippen LogP contribution is -2.23. The van der Waals surface area contributed by atoms with Crippen LogP contribution in [0.3, 0.4) is 0 Å². The number of nitrogen functional groups attached to an aromatic ring is 1. The van der Waals surface area contributed by atoms with Gasteiger partial charge in [-0.3, -0.25) is 0 Å². The summed E-state index contributed by atoms with van der Waals surface area (Å²) >= 11 is 0. The normalized spacial score (nSPS) is 10.6. The van der Waals surface area contributed by atoms with Gasteiger partial charge >= 0.3 is 0 Å². The molecule has 0 aliphatic carbocycles. The van der Waals surface area contributed by atoms with E-state index in [-0.39, 0.29) is 0 Å². The maximum Gasteiger partial charge on any atom is 0.222 e. The number of rotatable bonds is 4. The van der Waals surface area contributed by atoms with Crippen molar-refractivity contribution in [2.24, 2.45) is 0 Å². The van der Waals surface area contributed by atoms with Gasteiger partial charge < -0.3 is 15.8 Å². The third-order valence-electron chi connectivity index (χ3n) is 1.82. The van der Waals surface area contributed by atoms with Gasteiger partial charge in [0.2, 0.25) is 5.88 Å². The van der Waals surface area contributed by atoms with Crippen molar-refractivity contribution in [2.75, 3.05) is 12.8 Å². The van der Waals surface area contributed by atoms with E-state index < -0.39 is 0 Å². The fraction of sp³-hybridized carbons (Fsp3) is 0.556. The third-order valence-corrected chi connectivity index (χ3v) is 1.82. The van der Waals surface area contributed by atoms with Gasteiger partial charge in [-0.15, -0.1) is 0 Å². The van der Waals surface area contributed by atoms with Gasteiger partial charge in [0, 0.05) is 12.6 Å². The number of nitrogens with zero attached hydrogens (tertiary/aromatic N) is 2. The van der Waals surface area contributed by atoms with Crippen LogP contribution in [0.5, 0.6) is 5.88 Å². The largest absolute Gasteiger partial charge is 0.481 e. The lowest BCUT2D eigenvalue weighted by Gasteiger charge is -2.11. The minimum absolute atomic E-state index is 0.388. The van der Waals surface area contributed by atoms with Crippen LogP contribution in [0.4, 0.5) is 5.82 Å². The van der Waals surface area contributed by atoms with Crippen LogP contribution < -0.4 is 15.8 Å². The average molecular weight is 196 g/mol. The number of nitrogens with two attached hydrogens (primary N) is 1. The van der Waals surface area contributed by atoms with E-state index >= 15 is 0 Å². The summed E-state index contributed by atoms with van der Waals surface area (Å²) in [6.45, 7) is 4.74. The number of methoxy groups -OCH3 is 1. The number of anilines is 1. The number of hydrogen-bond acceptors (Lipinski definition) is 5. The van der Waals surface area contributed by atoms with Gasteiger partial charge in [-0.1, -0.05) is 13.8 Å². The highest BCUT2D eigenvalue weighted by Crippen LogP contribution is 2.18. The third kappa shape index (κ3) is 2.56. The van der Waals surface area contributed by atoms with Crippen LogP contribution in [0.25, 0.3) is 0 Å². The van der Waals surface area contributed by atoms with Gasteiger partial charge in [0.15, 0.2) is 0 Å². The van der Waals surface area contributed by atoms with Gasteiger partial charge in [0.05, 0.1) is 12.7 Å². The van der Waals surface area contributed by atoms with Crippen molar-refractivity contribution in [3.05, 3.63) is 11.9 Å². The van der Waals surface area contributed by atoms with E-state index in [1.807, 2.05) is 0 Å². The number of hydrogen-bond donors (Lipinski definition) is 2. The van der Waals surface area contributed by atoms with Gasteiger partial charge in [-0.05, 0) is 0 Å². The summed E-state index contributed by atoms with van der Waals surface area (Å²) < 4.78 is 5.09. The standard InChI is InChI=1S/C9H16N4O/c1-6(2)11-4-7-8(10)12-5-13-9(7)14-3/h5-6,11H,4H2,1-3H3,(H2,10,12,13). The summed E-state index contributed by atoms with van der Waals surface area (Å²) in [7, 11) is 1.57. The Bertz CT molecular complexity index is 301. The summed E-state index contributed by atoms with van der Waals surface area (Å²) in [5, 5.41) is 3.24. The second-order valence-corrected chi connectivity index (χ2v) is 3.28. The van der Waals surface area contributed by atoms with E-state index in [4.69, 9.17) is 10.5 Å². The van der Waals surface area contributed by atoms with Crippen molar-refractivity contribution >= 4 is 5.82 Å². The monoisotopic (exact) mass is 196 g/mol. The summed E-state index contributed by atoms with van der Waals surface area (Å²) in [5.74, 6) is 0.996. The van der Waals surface area contributed by atoms with Gasteiger partial charge in [0.25, 0.3) is 0 Å². The molecule has 0 bridgehead atoms. The first-order valence-corrected chi connectivity index (χ1v) is 4.52. The Morgan fingerprint density at radius 3 is 2.79 bits per heavy atom. The Kier molecular flexibility index (Phi) is 3.64. The molecule has 14 heavy (non-hydrogen) atoms. The first-order chi connectivity index (χ1) is 6.65. The number of nitrogens with one attached hydrogen (secondary N) is 1. The molecule has 1 aromatic heterocycles. The first kappa shape index (κ1) is 10.7. The van der Waals surface area contributed by atoms with E-state index in [0.29, 0.717) is 24.3 Å². The van der Waals surface area contributed by atoms with E-state index in [1.165, 1.54) is 6.33 Å². The average Bonchev–Trinajstić information content (AvgIpc) is 2.15. The molecule has 1 aromatic rings. The molecular formula is C9H16N4O. The van der Waals surface area contributed by atoms with Crippen molar-refractivity contribution in [2.45, 2.75) is 26.4 Å². The second kappa shape index (κ2) is 4.76. The molecule has 0 saturated carbocycles. The van der Waals surface area contributed by atoms with Gasteiger partial charge in [0.1, 0.15) is 12.1 Å². The van der Waals surface area contributed by atoms with Crippen LogP contribution in [-0.4, -0.2) is 23.1 Å². The Morgan fingerprint density at radius 2 is 2.21 bits per heavy atom. The summed E-state index contributed by atoms with van der Waals surface area (Å²) in [6.07, 6.45) is 1.40. The highest BCUT2D eigenvalue weighted by Gasteiger charge is 2.09. The zero-order chi connectivity index (χ0) is 10.6. The van der Waals surface area contributed by atoms with Crippen LogP contribution in [0, 0.1) is 0 Å². The minimum atomic E-state index is 0.388. The van der Waals surface area contributed by atoms with Crippen molar-refractivity contribution < 1.29 is 4.74 Å². The van der Waals surface area contributed by atoms with E-state index in [9.17, 15) is 0 Å². The molecule has 0 radical (unpaired) electrons. The van der Waals surface area contributed by atoms with Crippen LogP contribution in [0.15, 0.2) is 6.33 Å². The molecule has 1 rings (SSSR count). The lowest BCUT2D eigenvalue weighted by molar-refractivity contribution is 0.388. The van der Waals surface area contributed by atoms with Crippen LogP contribution in [0.2, 0.25) is 0 Å². The molecule has 78 valence electrons. The fourth-order valence-electron chi connectivity index (χ4n) is 1.06. The Morgan fingerprint density at radius 1 is 1.50 bits per heavy atom. The molecule has 3 N–H and O–H groups in total. The Hall–Kier alpha value is -1.36. The second-order valence-electron chi connectivity index (χ2n) is 3.28. The van der Waals surface area contributed by atoms with Gasteiger partial charge in [-0.25, -0.2) is 9.97 Å². The van der Waals surface area contributed by atoms with Gasteiger partial charge in [-0.2, -0.15) is 0 Å². The summed E-state index contributed by atoms with van der Waals surface area (Å²) in [6, 6.07) is 0.388. The maximum absolute atomic E-state index is 5.71. The highest BCUT2D eigenvalue weighted by atomic mass is 16.5. The molecule has 0 aromatic carbocycles.